The van der Waals surface area contributed by atoms with Crippen molar-refractivity contribution in [1.29, 1.82) is 0 Å². The van der Waals surface area contributed by atoms with Gasteiger partial charge in [0, 0.05) is 0 Å². The first kappa shape index (κ1) is 7.64. The molecule has 64 valence electrons. The van der Waals surface area contributed by atoms with Crippen LogP contribution >= 0.6 is 0 Å². The van der Waals surface area contributed by atoms with Crippen molar-refractivity contribution in [3.05, 3.63) is 0 Å². The summed E-state index contributed by atoms with van der Waals surface area (Å²) in [6.45, 7) is 9.91. The lowest BCUT2D eigenvalue weighted by atomic mass is 9.75. The highest BCUT2D eigenvalue weighted by atomic mass is 14.6. The molecule has 0 aromatic rings. The second-order valence-electron chi connectivity index (χ2n) is 5.49. The molecule has 0 aromatic heterocycles. The van der Waals surface area contributed by atoms with E-state index >= 15 is 0 Å². The maximum absolute atomic E-state index is 2.50. The first-order chi connectivity index (χ1) is 4.99. The monoisotopic (exact) mass is 152 g/mol. The third-order valence-corrected chi connectivity index (χ3v) is 5.17. The summed E-state index contributed by atoms with van der Waals surface area (Å²) in [7, 11) is 0. The molecular formula is C11H20. The summed E-state index contributed by atoms with van der Waals surface area (Å²) < 4.78 is 0. The van der Waals surface area contributed by atoms with E-state index in [9.17, 15) is 0 Å². The minimum atomic E-state index is 0.689. The van der Waals surface area contributed by atoms with Gasteiger partial charge >= 0.3 is 0 Å². The molecule has 4 unspecified atom stereocenters. The van der Waals surface area contributed by atoms with Crippen LogP contribution in [0.2, 0.25) is 0 Å². The number of hydrogen-bond donors (Lipinski definition) is 0. The summed E-state index contributed by atoms with van der Waals surface area (Å²) in [5.74, 6) is 1.93. The smallest absolute Gasteiger partial charge is 0.0269 e. The molecule has 0 spiro atoms. The summed E-state index contributed by atoms with van der Waals surface area (Å²) >= 11 is 0. The van der Waals surface area contributed by atoms with Crippen LogP contribution < -0.4 is 0 Å². The lowest BCUT2D eigenvalue weighted by Gasteiger charge is -2.30. The van der Waals surface area contributed by atoms with Gasteiger partial charge < -0.3 is 0 Å². The zero-order valence-electron chi connectivity index (χ0n) is 8.28. The fraction of sp³-hybridized carbons (Fsp3) is 1.00. The van der Waals surface area contributed by atoms with E-state index in [0.29, 0.717) is 10.8 Å². The van der Waals surface area contributed by atoms with E-state index in [4.69, 9.17) is 0 Å². The van der Waals surface area contributed by atoms with Crippen LogP contribution in [0.5, 0.6) is 0 Å². The number of fused-ring (bicyclic) bond motifs is 2. The molecular weight excluding hydrogens is 132 g/mol. The zero-order valence-corrected chi connectivity index (χ0v) is 8.28. The van der Waals surface area contributed by atoms with Gasteiger partial charge in [-0.15, -0.1) is 0 Å². The van der Waals surface area contributed by atoms with Gasteiger partial charge in [-0.05, 0) is 41.9 Å². The Morgan fingerprint density at radius 1 is 1.09 bits per heavy atom. The zero-order chi connectivity index (χ0) is 8.28. The lowest BCUT2D eigenvalue weighted by Crippen LogP contribution is -2.22. The van der Waals surface area contributed by atoms with Gasteiger partial charge in [-0.1, -0.05) is 27.7 Å². The molecule has 0 nitrogen and oxygen atoms in total. The predicted octanol–water partition coefficient (Wildman–Crippen LogP) is 3.47. The fourth-order valence-electron chi connectivity index (χ4n) is 3.67. The van der Waals surface area contributed by atoms with E-state index in [1.54, 1.807) is 0 Å². The van der Waals surface area contributed by atoms with Crippen LogP contribution in [0.4, 0.5) is 0 Å². The van der Waals surface area contributed by atoms with E-state index in [1.807, 2.05) is 0 Å². The first-order valence-corrected chi connectivity index (χ1v) is 4.99. The van der Waals surface area contributed by atoms with Crippen LogP contribution in [0.25, 0.3) is 0 Å². The Labute approximate surface area is 70.4 Å². The first-order valence-electron chi connectivity index (χ1n) is 4.99. The Morgan fingerprint density at radius 3 is 1.91 bits per heavy atom. The molecule has 2 aliphatic carbocycles. The van der Waals surface area contributed by atoms with E-state index in [0.717, 1.165) is 11.8 Å². The van der Waals surface area contributed by atoms with E-state index < -0.39 is 0 Å². The van der Waals surface area contributed by atoms with E-state index in [-0.39, 0.29) is 0 Å². The molecule has 11 heavy (non-hydrogen) atoms. The van der Waals surface area contributed by atoms with Gasteiger partial charge in [0.25, 0.3) is 0 Å². The van der Waals surface area contributed by atoms with Crippen LogP contribution in [0.15, 0.2) is 0 Å². The molecule has 0 aromatic carbocycles. The molecule has 2 aliphatic rings. The fourth-order valence-corrected chi connectivity index (χ4v) is 3.67. The van der Waals surface area contributed by atoms with Gasteiger partial charge in [0.2, 0.25) is 0 Å². The molecule has 0 N–H and O–H groups in total. The molecule has 2 saturated carbocycles. The van der Waals surface area contributed by atoms with Gasteiger partial charge in [0.05, 0.1) is 0 Å². The molecule has 2 bridgehead atoms. The molecule has 0 saturated heterocycles. The van der Waals surface area contributed by atoms with Crippen molar-refractivity contribution in [2.24, 2.45) is 22.7 Å². The summed E-state index contributed by atoms with van der Waals surface area (Å²) in [4.78, 5) is 0. The van der Waals surface area contributed by atoms with Gasteiger partial charge in [-0.3, -0.25) is 0 Å². The van der Waals surface area contributed by atoms with Gasteiger partial charge in [0.1, 0.15) is 0 Å². The van der Waals surface area contributed by atoms with Crippen molar-refractivity contribution in [3.8, 4) is 0 Å². The second-order valence-corrected chi connectivity index (χ2v) is 5.49. The minimum absolute atomic E-state index is 0.689. The van der Waals surface area contributed by atoms with Crippen molar-refractivity contribution in [2.75, 3.05) is 0 Å². The van der Waals surface area contributed by atoms with Crippen LogP contribution in [-0.4, -0.2) is 0 Å². The Bertz CT molecular complexity index is 184. The van der Waals surface area contributed by atoms with Crippen LogP contribution in [0.3, 0.4) is 0 Å². The SMILES string of the molecule is CC1CC2(C)CCC1(C)C2C. The maximum atomic E-state index is 2.50. The average molecular weight is 152 g/mol. The van der Waals surface area contributed by atoms with Gasteiger partial charge in [-0.25, -0.2) is 0 Å². The summed E-state index contributed by atoms with van der Waals surface area (Å²) in [6.07, 6.45) is 4.44. The quantitative estimate of drug-likeness (QED) is 0.498. The molecule has 0 aliphatic heterocycles. The van der Waals surface area contributed by atoms with Crippen molar-refractivity contribution >= 4 is 0 Å². The molecule has 0 heterocycles. The molecule has 0 radical (unpaired) electrons. The third kappa shape index (κ3) is 0.711. The average Bonchev–Trinajstić information content (AvgIpc) is 2.23. The highest BCUT2D eigenvalue weighted by Gasteiger charge is 2.58. The lowest BCUT2D eigenvalue weighted by molar-refractivity contribution is 0.192. The Hall–Kier alpha value is 0. The molecule has 0 heteroatoms. The van der Waals surface area contributed by atoms with E-state index in [2.05, 4.69) is 27.7 Å². The molecule has 2 rings (SSSR count). The summed E-state index contributed by atoms with van der Waals surface area (Å²) in [5, 5.41) is 0. The third-order valence-electron chi connectivity index (χ3n) is 5.17. The molecule has 2 fully saturated rings. The van der Waals surface area contributed by atoms with Gasteiger partial charge in [-0.2, -0.15) is 0 Å². The summed E-state index contributed by atoms with van der Waals surface area (Å²) in [6, 6.07) is 0. The largest absolute Gasteiger partial charge is 0.0620 e. The van der Waals surface area contributed by atoms with Crippen LogP contribution in [-0.2, 0) is 0 Å². The number of rotatable bonds is 0. The Kier molecular flexibility index (Phi) is 1.28. The summed E-state index contributed by atoms with van der Waals surface area (Å²) in [5.41, 5.74) is 1.39. The normalized spacial score (nSPS) is 62.2. The standard InChI is InChI=1S/C11H20/c1-8-7-10(3)5-6-11(8,4)9(10)2/h8-9H,5-7H2,1-4H3. The van der Waals surface area contributed by atoms with Crippen LogP contribution in [0, 0.1) is 22.7 Å². The Balaban J connectivity index is 2.37. The number of hydrogen-bond acceptors (Lipinski definition) is 0. The van der Waals surface area contributed by atoms with Crippen molar-refractivity contribution in [3.63, 3.8) is 0 Å². The van der Waals surface area contributed by atoms with Crippen molar-refractivity contribution in [1.82, 2.24) is 0 Å². The molecule has 4 atom stereocenters. The van der Waals surface area contributed by atoms with Gasteiger partial charge in [0.15, 0.2) is 0 Å². The minimum Gasteiger partial charge on any atom is -0.0620 e. The Morgan fingerprint density at radius 2 is 1.73 bits per heavy atom. The van der Waals surface area contributed by atoms with Crippen molar-refractivity contribution in [2.45, 2.75) is 47.0 Å². The highest BCUT2D eigenvalue weighted by molar-refractivity contribution is 5.07. The van der Waals surface area contributed by atoms with E-state index in [1.165, 1.54) is 19.3 Å². The van der Waals surface area contributed by atoms with Crippen LogP contribution in [0.1, 0.15) is 47.0 Å². The highest BCUT2D eigenvalue weighted by Crippen LogP contribution is 2.67. The maximum Gasteiger partial charge on any atom is -0.0269 e. The second kappa shape index (κ2) is 1.84. The van der Waals surface area contributed by atoms with Crippen molar-refractivity contribution < 1.29 is 0 Å². The molecule has 0 amide bonds. The predicted molar refractivity (Wildman–Crippen MR) is 48.4 cm³/mol. The topological polar surface area (TPSA) is 0 Å².